The van der Waals surface area contributed by atoms with Crippen LogP contribution in [0.1, 0.15) is 0 Å². The van der Waals surface area contributed by atoms with Crippen molar-refractivity contribution < 1.29 is 20.4 Å². The van der Waals surface area contributed by atoms with E-state index in [-0.39, 0.29) is 55.3 Å². The maximum absolute atomic E-state index is 13.2. The predicted molar refractivity (Wildman–Crippen MR) is 133 cm³/mol. The average Bonchev–Trinajstić information content (AvgIpc) is 2.82. The van der Waals surface area contributed by atoms with Crippen LogP contribution in [0.2, 0.25) is 0 Å². The summed E-state index contributed by atoms with van der Waals surface area (Å²) < 4.78 is 0. The molecule has 34 heavy (non-hydrogen) atoms. The molecular weight excluding hydrogens is 432 g/mol. The highest BCUT2D eigenvalue weighted by Gasteiger charge is 2.27. The third-order valence-electron chi connectivity index (χ3n) is 6.92. The Balaban J connectivity index is 2.10. The number of hydrogen-bond donors (Lipinski definition) is 4. The molecule has 7 aromatic carbocycles. The van der Waals surface area contributed by atoms with E-state index in [0.717, 1.165) is 12.1 Å². The Morgan fingerprint density at radius 2 is 0.765 bits per heavy atom. The van der Waals surface area contributed by atoms with Crippen LogP contribution in [0.5, 0.6) is 23.0 Å². The highest BCUT2D eigenvalue weighted by atomic mass is 16.3. The Hall–Kier alpha value is -4.84. The van der Waals surface area contributed by atoms with Crippen molar-refractivity contribution >= 4 is 64.6 Å². The molecule has 162 valence electrons. The van der Waals surface area contributed by atoms with Crippen LogP contribution in [0.4, 0.5) is 0 Å². The van der Waals surface area contributed by atoms with Gasteiger partial charge in [-0.25, -0.2) is 0 Å². The minimum atomic E-state index is -0.594. The van der Waals surface area contributed by atoms with Crippen molar-refractivity contribution in [2.45, 2.75) is 0 Å². The van der Waals surface area contributed by atoms with Crippen LogP contribution in [0.25, 0.3) is 64.6 Å². The summed E-state index contributed by atoms with van der Waals surface area (Å²) in [5.41, 5.74) is -1.19. The normalized spacial score (nSPS) is 12.2. The molecule has 7 rings (SSSR count). The van der Waals surface area contributed by atoms with Crippen molar-refractivity contribution in [3.8, 4) is 23.0 Å². The summed E-state index contributed by atoms with van der Waals surface area (Å²) in [5, 5.41) is 47.8. The Morgan fingerprint density at radius 1 is 0.412 bits per heavy atom. The fourth-order valence-corrected chi connectivity index (χ4v) is 5.64. The molecule has 0 aromatic heterocycles. The van der Waals surface area contributed by atoms with E-state index < -0.39 is 10.9 Å². The lowest BCUT2D eigenvalue weighted by Crippen LogP contribution is -2.09. The van der Waals surface area contributed by atoms with E-state index >= 15 is 0 Å². The van der Waals surface area contributed by atoms with Gasteiger partial charge in [0.1, 0.15) is 23.0 Å². The molecule has 0 amide bonds. The van der Waals surface area contributed by atoms with Gasteiger partial charge in [-0.1, -0.05) is 48.5 Å². The Bertz CT molecular complexity index is 1990. The standard InChI is InChI=1S/C28H14O6/c29-15-9-17(31)23-25-19(11-5-1-3-7-13(11)27(23)33)20-12-6-2-4-8-14(12)28(34)24-18(32)10-16(30)22(21(15)25)26(20)24/h1-10,31-34H. The number of phenolic OH excluding ortho intramolecular Hbond substituents is 4. The second-order valence-electron chi connectivity index (χ2n) is 8.58. The number of rotatable bonds is 0. The van der Waals surface area contributed by atoms with Crippen LogP contribution >= 0.6 is 0 Å². The van der Waals surface area contributed by atoms with E-state index in [2.05, 4.69) is 0 Å². The van der Waals surface area contributed by atoms with Gasteiger partial charge in [0.05, 0.1) is 10.8 Å². The van der Waals surface area contributed by atoms with Gasteiger partial charge in [0.15, 0.2) is 10.9 Å². The van der Waals surface area contributed by atoms with Gasteiger partial charge >= 0.3 is 0 Å². The van der Waals surface area contributed by atoms with E-state index in [4.69, 9.17) is 0 Å². The molecule has 0 aliphatic heterocycles. The summed E-state index contributed by atoms with van der Waals surface area (Å²) in [6.45, 7) is 0. The minimum absolute atomic E-state index is 0.0287. The molecule has 0 unspecified atom stereocenters. The summed E-state index contributed by atoms with van der Waals surface area (Å²) >= 11 is 0. The molecule has 0 fully saturated rings. The number of phenols is 4. The second-order valence-corrected chi connectivity index (χ2v) is 8.58. The van der Waals surface area contributed by atoms with Crippen LogP contribution in [0, 0.1) is 0 Å². The smallest absolute Gasteiger partial charge is 0.190 e. The van der Waals surface area contributed by atoms with Gasteiger partial charge in [-0.2, -0.15) is 0 Å². The molecular formula is C28H14O6. The van der Waals surface area contributed by atoms with Crippen molar-refractivity contribution in [1.82, 2.24) is 0 Å². The Kier molecular flexibility index (Phi) is 3.27. The zero-order valence-electron chi connectivity index (χ0n) is 17.4. The van der Waals surface area contributed by atoms with Crippen molar-refractivity contribution in [2.24, 2.45) is 0 Å². The molecule has 0 aliphatic rings. The number of aromatic hydroxyl groups is 4. The van der Waals surface area contributed by atoms with E-state index in [0.29, 0.717) is 32.3 Å². The summed E-state index contributed by atoms with van der Waals surface area (Å²) in [6, 6.07) is 16.1. The molecule has 0 saturated carbocycles. The SMILES string of the molecule is O=c1cc(O)c2c(O)c3ccccc3c3c2c1c1c(=O)cc(O)c2c(O)c4ccccc4c3c21. The fraction of sp³-hybridized carbons (Fsp3) is 0. The van der Waals surface area contributed by atoms with Crippen molar-refractivity contribution in [3.63, 3.8) is 0 Å². The van der Waals surface area contributed by atoms with Gasteiger partial charge < -0.3 is 20.4 Å². The minimum Gasteiger partial charge on any atom is -0.507 e. The quantitative estimate of drug-likeness (QED) is 0.192. The third-order valence-corrected chi connectivity index (χ3v) is 6.92. The maximum atomic E-state index is 13.2. The first-order chi connectivity index (χ1) is 16.4. The third kappa shape index (κ3) is 1.97. The lowest BCUT2D eigenvalue weighted by atomic mass is 9.83. The van der Waals surface area contributed by atoms with E-state index in [1.165, 1.54) is 0 Å². The van der Waals surface area contributed by atoms with Gasteiger partial charge in [0, 0.05) is 44.5 Å². The number of benzene rings is 7. The molecule has 6 heteroatoms. The number of hydrogen-bond acceptors (Lipinski definition) is 6. The summed E-state index contributed by atoms with van der Waals surface area (Å²) in [6.07, 6.45) is 0. The number of fused-ring (bicyclic) bond motifs is 6. The van der Waals surface area contributed by atoms with Crippen molar-refractivity contribution in [3.05, 3.63) is 81.1 Å². The Labute approximate surface area is 189 Å². The summed E-state index contributed by atoms with van der Waals surface area (Å²) in [5.74, 6) is -1.16. The van der Waals surface area contributed by atoms with Gasteiger partial charge in [-0.05, 0) is 21.5 Å². The first kappa shape index (κ1) is 18.7. The lowest BCUT2D eigenvalue weighted by molar-refractivity contribution is 0.465. The van der Waals surface area contributed by atoms with E-state index in [1.807, 2.05) is 0 Å². The molecule has 0 aliphatic carbocycles. The van der Waals surface area contributed by atoms with Crippen molar-refractivity contribution in [2.75, 3.05) is 0 Å². The van der Waals surface area contributed by atoms with Gasteiger partial charge in [0.2, 0.25) is 0 Å². The first-order valence-electron chi connectivity index (χ1n) is 10.6. The van der Waals surface area contributed by atoms with Crippen LogP contribution in [-0.2, 0) is 0 Å². The van der Waals surface area contributed by atoms with E-state index in [1.54, 1.807) is 48.5 Å². The predicted octanol–water partition coefficient (Wildman–Crippen LogP) is 5.02. The zero-order chi connectivity index (χ0) is 23.5. The van der Waals surface area contributed by atoms with Crippen LogP contribution < -0.4 is 10.9 Å². The van der Waals surface area contributed by atoms with Crippen LogP contribution in [0.3, 0.4) is 0 Å². The molecule has 0 bridgehead atoms. The highest BCUT2D eigenvalue weighted by molar-refractivity contribution is 6.44. The van der Waals surface area contributed by atoms with Gasteiger partial charge in [-0.15, -0.1) is 0 Å². The molecule has 0 heterocycles. The van der Waals surface area contributed by atoms with E-state index in [9.17, 15) is 30.0 Å². The first-order valence-corrected chi connectivity index (χ1v) is 10.6. The fourth-order valence-electron chi connectivity index (χ4n) is 5.64. The average molecular weight is 446 g/mol. The second kappa shape index (κ2) is 5.94. The molecule has 4 N–H and O–H groups in total. The maximum Gasteiger partial charge on any atom is 0.190 e. The van der Waals surface area contributed by atoms with Crippen LogP contribution in [0.15, 0.2) is 70.3 Å². The van der Waals surface area contributed by atoms with Gasteiger partial charge in [-0.3, -0.25) is 9.59 Å². The molecule has 0 spiro atoms. The highest BCUT2D eigenvalue weighted by Crippen LogP contribution is 2.52. The summed E-state index contributed by atoms with van der Waals surface area (Å²) in [4.78, 5) is 26.5. The molecule has 0 saturated heterocycles. The van der Waals surface area contributed by atoms with Crippen LogP contribution in [-0.4, -0.2) is 20.4 Å². The molecule has 7 aromatic rings. The lowest BCUT2D eigenvalue weighted by Gasteiger charge is -2.20. The summed E-state index contributed by atoms with van der Waals surface area (Å²) in [7, 11) is 0. The zero-order valence-corrected chi connectivity index (χ0v) is 17.4. The monoisotopic (exact) mass is 446 g/mol. The largest absolute Gasteiger partial charge is 0.507 e. The Morgan fingerprint density at radius 3 is 1.15 bits per heavy atom. The van der Waals surface area contributed by atoms with Crippen molar-refractivity contribution in [1.29, 1.82) is 0 Å². The topological polar surface area (TPSA) is 115 Å². The molecule has 0 atom stereocenters. The van der Waals surface area contributed by atoms with Gasteiger partial charge in [0.25, 0.3) is 0 Å². The molecule has 0 radical (unpaired) electrons. The molecule has 6 nitrogen and oxygen atoms in total.